The van der Waals surface area contributed by atoms with Gasteiger partial charge < -0.3 is 5.11 Å². The summed E-state index contributed by atoms with van der Waals surface area (Å²) in [7, 11) is 1.63. The van der Waals surface area contributed by atoms with E-state index in [0.717, 1.165) is 18.5 Å². The fraction of sp³-hybridized carbons (Fsp3) is 0.500. The van der Waals surface area contributed by atoms with E-state index in [2.05, 4.69) is 21.0 Å². The summed E-state index contributed by atoms with van der Waals surface area (Å²) < 4.78 is 1.99. The number of carboxylic acids is 1. The first-order chi connectivity index (χ1) is 6.07. The van der Waals surface area contributed by atoms with Gasteiger partial charge in [0.2, 0.25) is 0 Å². The molecule has 0 saturated heterocycles. The Labute approximate surface area is 84.7 Å². The molecule has 1 rings (SSSR count). The average Bonchev–Trinajstić information content (AvgIpc) is 2.28. The van der Waals surface area contributed by atoms with Crippen LogP contribution in [-0.4, -0.2) is 20.9 Å². The lowest BCUT2D eigenvalue weighted by Crippen LogP contribution is -2.05. The van der Waals surface area contributed by atoms with Crippen molar-refractivity contribution in [3.8, 4) is 0 Å². The summed E-state index contributed by atoms with van der Waals surface area (Å²) in [6, 6.07) is 0. The third kappa shape index (κ3) is 1.91. The van der Waals surface area contributed by atoms with E-state index in [1.807, 2.05) is 6.92 Å². The van der Waals surface area contributed by atoms with E-state index in [9.17, 15) is 4.79 Å². The molecule has 0 bridgehead atoms. The number of rotatable bonds is 3. The summed E-state index contributed by atoms with van der Waals surface area (Å²) in [5.74, 6) is -0.954. The number of hydrogen-bond donors (Lipinski definition) is 1. The molecule has 0 amide bonds. The first kappa shape index (κ1) is 10.2. The third-order valence-corrected chi connectivity index (χ3v) is 2.58. The molecule has 4 nitrogen and oxygen atoms in total. The van der Waals surface area contributed by atoms with Crippen molar-refractivity contribution in [3.05, 3.63) is 15.9 Å². The highest BCUT2D eigenvalue weighted by Gasteiger charge is 2.18. The topological polar surface area (TPSA) is 55.1 Å². The minimum Gasteiger partial charge on any atom is -0.476 e. The Morgan fingerprint density at radius 1 is 1.69 bits per heavy atom. The van der Waals surface area contributed by atoms with Crippen molar-refractivity contribution in [1.82, 2.24) is 9.78 Å². The van der Waals surface area contributed by atoms with Crippen molar-refractivity contribution < 1.29 is 9.90 Å². The van der Waals surface area contributed by atoms with Crippen LogP contribution in [0.4, 0.5) is 0 Å². The molecular formula is C8H11BrN2O2. The van der Waals surface area contributed by atoms with Gasteiger partial charge in [-0.3, -0.25) is 4.68 Å². The van der Waals surface area contributed by atoms with Gasteiger partial charge in [0.05, 0.1) is 10.2 Å². The van der Waals surface area contributed by atoms with Crippen LogP contribution < -0.4 is 0 Å². The molecule has 5 heteroatoms. The van der Waals surface area contributed by atoms with Crippen LogP contribution in [0, 0.1) is 0 Å². The molecule has 1 aromatic rings. The zero-order valence-corrected chi connectivity index (χ0v) is 9.13. The van der Waals surface area contributed by atoms with Crippen molar-refractivity contribution in [2.24, 2.45) is 7.05 Å². The number of nitrogens with zero attached hydrogens (tertiary/aromatic N) is 2. The number of carboxylic acid groups (broad SMARTS) is 1. The molecule has 1 heterocycles. The van der Waals surface area contributed by atoms with Crippen molar-refractivity contribution in [3.63, 3.8) is 0 Å². The molecule has 0 aliphatic heterocycles. The molecular weight excluding hydrogens is 236 g/mol. The molecule has 0 aromatic carbocycles. The number of aryl methyl sites for hydroxylation is 2. The number of halogens is 1. The number of carbonyl (C=O) groups is 1. The van der Waals surface area contributed by atoms with Crippen LogP contribution in [0.2, 0.25) is 0 Å². The second-order valence-electron chi connectivity index (χ2n) is 2.79. The van der Waals surface area contributed by atoms with E-state index in [4.69, 9.17) is 5.11 Å². The standard InChI is InChI=1S/C8H11BrN2O2/c1-3-4-5-6(9)7(8(12)13)11(2)10-5/h3-4H2,1-2H3,(H,12,13). The number of aromatic nitrogens is 2. The molecule has 0 atom stereocenters. The van der Waals surface area contributed by atoms with Crippen LogP contribution >= 0.6 is 15.9 Å². The maximum absolute atomic E-state index is 10.8. The molecule has 0 fully saturated rings. The van der Waals surface area contributed by atoms with Gasteiger partial charge in [0.1, 0.15) is 0 Å². The summed E-state index contributed by atoms with van der Waals surface area (Å²) in [4.78, 5) is 10.8. The van der Waals surface area contributed by atoms with Gasteiger partial charge >= 0.3 is 5.97 Å². The maximum atomic E-state index is 10.8. The van der Waals surface area contributed by atoms with Crippen LogP contribution in [0.25, 0.3) is 0 Å². The molecule has 0 unspecified atom stereocenters. The highest BCUT2D eigenvalue weighted by Crippen LogP contribution is 2.21. The summed E-state index contributed by atoms with van der Waals surface area (Å²) in [6.07, 6.45) is 1.75. The Balaban J connectivity index is 3.14. The highest BCUT2D eigenvalue weighted by molar-refractivity contribution is 9.10. The molecule has 72 valence electrons. The fourth-order valence-electron chi connectivity index (χ4n) is 1.18. The van der Waals surface area contributed by atoms with Crippen molar-refractivity contribution in [1.29, 1.82) is 0 Å². The predicted octanol–water partition coefficient (Wildman–Crippen LogP) is 1.83. The summed E-state index contributed by atoms with van der Waals surface area (Å²) in [5.41, 5.74) is 1.02. The maximum Gasteiger partial charge on any atom is 0.355 e. The van der Waals surface area contributed by atoms with E-state index in [0.29, 0.717) is 4.47 Å². The number of hydrogen-bond acceptors (Lipinski definition) is 2. The monoisotopic (exact) mass is 246 g/mol. The zero-order chi connectivity index (χ0) is 10.0. The zero-order valence-electron chi connectivity index (χ0n) is 7.54. The van der Waals surface area contributed by atoms with Crippen LogP contribution in [0.1, 0.15) is 29.5 Å². The van der Waals surface area contributed by atoms with Crippen LogP contribution in [0.5, 0.6) is 0 Å². The van der Waals surface area contributed by atoms with E-state index in [1.165, 1.54) is 4.68 Å². The average molecular weight is 247 g/mol. The second kappa shape index (κ2) is 3.91. The lowest BCUT2D eigenvalue weighted by atomic mass is 10.2. The Kier molecular flexibility index (Phi) is 3.08. The fourth-order valence-corrected chi connectivity index (χ4v) is 1.89. The molecule has 0 radical (unpaired) electrons. The summed E-state index contributed by atoms with van der Waals surface area (Å²) >= 11 is 3.24. The van der Waals surface area contributed by atoms with Gasteiger partial charge in [-0.2, -0.15) is 5.10 Å². The van der Waals surface area contributed by atoms with Gasteiger partial charge in [-0.1, -0.05) is 13.3 Å². The summed E-state index contributed by atoms with van der Waals surface area (Å²) in [5, 5.41) is 12.9. The Bertz CT molecular complexity index is 333. The van der Waals surface area contributed by atoms with Gasteiger partial charge in [0, 0.05) is 7.05 Å². The van der Waals surface area contributed by atoms with Gasteiger partial charge in [0.15, 0.2) is 5.69 Å². The first-order valence-corrected chi connectivity index (χ1v) is 4.81. The molecule has 0 aliphatic rings. The van der Waals surface area contributed by atoms with Crippen molar-refractivity contribution in [2.45, 2.75) is 19.8 Å². The molecule has 0 saturated carbocycles. The smallest absolute Gasteiger partial charge is 0.355 e. The van der Waals surface area contributed by atoms with E-state index >= 15 is 0 Å². The van der Waals surface area contributed by atoms with Gasteiger partial charge in [0.25, 0.3) is 0 Å². The lowest BCUT2D eigenvalue weighted by molar-refractivity contribution is 0.0684. The van der Waals surface area contributed by atoms with Gasteiger partial charge in [-0.25, -0.2) is 4.79 Å². The Morgan fingerprint density at radius 3 is 2.69 bits per heavy atom. The Morgan fingerprint density at radius 2 is 2.31 bits per heavy atom. The van der Waals surface area contributed by atoms with Gasteiger partial charge in [-0.15, -0.1) is 0 Å². The van der Waals surface area contributed by atoms with E-state index in [-0.39, 0.29) is 5.69 Å². The first-order valence-electron chi connectivity index (χ1n) is 4.02. The molecule has 13 heavy (non-hydrogen) atoms. The normalized spacial score (nSPS) is 10.4. The van der Waals surface area contributed by atoms with Crippen molar-refractivity contribution >= 4 is 21.9 Å². The van der Waals surface area contributed by atoms with Crippen LogP contribution in [0.3, 0.4) is 0 Å². The van der Waals surface area contributed by atoms with Gasteiger partial charge in [-0.05, 0) is 22.4 Å². The second-order valence-corrected chi connectivity index (χ2v) is 3.58. The third-order valence-electron chi connectivity index (χ3n) is 1.74. The summed E-state index contributed by atoms with van der Waals surface area (Å²) in [6.45, 7) is 2.03. The van der Waals surface area contributed by atoms with Crippen molar-refractivity contribution in [2.75, 3.05) is 0 Å². The number of aromatic carboxylic acids is 1. The minimum absolute atomic E-state index is 0.212. The van der Waals surface area contributed by atoms with Crippen LogP contribution in [0.15, 0.2) is 4.47 Å². The molecule has 0 aliphatic carbocycles. The molecule has 0 spiro atoms. The Hall–Kier alpha value is -0.840. The lowest BCUT2D eigenvalue weighted by Gasteiger charge is -1.93. The minimum atomic E-state index is -0.954. The molecule has 1 aromatic heterocycles. The van der Waals surface area contributed by atoms with E-state index in [1.54, 1.807) is 7.05 Å². The predicted molar refractivity (Wildman–Crippen MR) is 51.9 cm³/mol. The SMILES string of the molecule is CCCc1nn(C)c(C(=O)O)c1Br. The van der Waals surface area contributed by atoms with E-state index < -0.39 is 5.97 Å². The highest BCUT2D eigenvalue weighted by atomic mass is 79.9. The molecule has 1 N–H and O–H groups in total. The van der Waals surface area contributed by atoms with Crippen LogP contribution in [-0.2, 0) is 13.5 Å². The quantitative estimate of drug-likeness (QED) is 0.886. The largest absolute Gasteiger partial charge is 0.476 e.